The molecule has 5 N–H and O–H groups in total. The highest BCUT2D eigenvalue weighted by molar-refractivity contribution is 6.03. The number of anilines is 1. The van der Waals surface area contributed by atoms with Gasteiger partial charge in [0.15, 0.2) is 17.5 Å². The lowest BCUT2D eigenvalue weighted by Gasteiger charge is -2.29. The van der Waals surface area contributed by atoms with E-state index in [1.54, 1.807) is 32.9 Å². The summed E-state index contributed by atoms with van der Waals surface area (Å²) in [5.74, 6) is -6.15. The third-order valence-electron chi connectivity index (χ3n) is 7.17. The fourth-order valence-corrected chi connectivity index (χ4v) is 5.05. The summed E-state index contributed by atoms with van der Waals surface area (Å²) in [6.07, 6.45) is 1.59. The summed E-state index contributed by atoms with van der Waals surface area (Å²) in [5.41, 5.74) is 5.22. The first-order chi connectivity index (χ1) is 17.8. The normalized spacial score (nSPS) is 28.2. The Bertz CT molecular complexity index is 1080. The van der Waals surface area contributed by atoms with E-state index in [0.29, 0.717) is 24.5 Å². The zero-order valence-corrected chi connectivity index (χ0v) is 22.6. The van der Waals surface area contributed by atoms with E-state index in [-0.39, 0.29) is 30.9 Å². The van der Waals surface area contributed by atoms with Gasteiger partial charge in [-0.15, -0.1) is 0 Å². The van der Waals surface area contributed by atoms with Gasteiger partial charge < -0.3 is 26.0 Å². The molecule has 2 rings (SSSR count). The van der Waals surface area contributed by atoms with Crippen LogP contribution in [0, 0.1) is 41.1 Å². The Morgan fingerprint density at radius 1 is 1.18 bits per heavy atom. The number of primary amides is 1. The van der Waals surface area contributed by atoms with Crippen molar-refractivity contribution in [3.05, 3.63) is 52.4 Å². The lowest BCUT2D eigenvalue weighted by Crippen LogP contribution is -2.33. The Hall–Kier alpha value is -2.85. The lowest BCUT2D eigenvalue weighted by molar-refractivity contribution is -0.112. The molecule has 10 heteroatoms. The summed E-state index contributed by atoms with van der Waals surface area (Å²) >= 11 is 0. The molecule has 212 valence electrons. The van der Waals surface area contributed by atoms with Gasteiger partial charge in [0.1, 0.15) is 6.10 Å². The third kappa shape index (κ3) is 8.07. The largest absolute Gasteiger partial charge is 0.442 e. The highest BCUT2D eigenvalue weighted by Gasteiger charge is 2.29. The molecular weight excluding hydrogens is 501 g/mol. The molecule has 0 unspecified atom stereocenters. The van der Waals surface area contributed by atoms with E-state index in [9.17, 15) is 28.6 Å². The molecule has 0 fully saturated rings. The predicted molar refractivity (Wildman–Crippen MR) is 139 cm³/mol. The van der Waals surface area contributed by atoms with Crippen LogP contribution in [-0.2, 0) is 16.0 Å². The molecular formula is C28H39F3N2O5. The van der Waals surface area contributed by atoms with Crippen molar-refractivity contribution in [3.63, 3.8) is 0 Å². The van der Waals surface area contributed by atoms with Crippen LogP contribution in [0.2, 0.25) is 0 Å². The number of carbonyl (C=O) groups excluding carboxylic acids is 2. The maximum Gasteiger partial charge on any atom is 0.405 e. The SMILES string of the molecule is CC1=CCC[C@H](C)[C@@H](OC(N)=O)C(C)=C[C@H](C)[C@@H](O)[C@@H](CO)C[C@H](C)Cc2c(F)c(F)cc(c2F)NC1=O. The Balaban J connectivity index is 2.53. The second-order valence-corrected chi connectivity index (χ2v) is 10.5. The van der Waals surface area contributed by atoms with Gasteiger partial charge >= 0.3 is 6.09 Å². The Morgan fingerprint density at radius 2 is 1.84 bits per heavy atom. The standard InChI is InChI=1S/C28H39F3N2O5/c1-14-9-19(13-34)25(35)17(4)11-18(5)26(38-28(32)37)15(2)7-6-8-16(3)27(36)33-22-12-21(29)23(30)20(10-14)24(22)31/h8,11-12,14-15,17,19,25-26,34-35H,6-7,9-10,13H2,1-5H3,(H2,32,37)(H,33,36)/t14-,15-,17-,19+,25+,26+/m0/s1. The predicted octanol–water partition coefficient (Wildman–Crippen LogP) is 5.00. The van der Waals surface area contributed by atoms with Gasteiger partial charge in [-0.2, -0.15) is 0 Å². The summed E-state index contributed by atoms with van der Waals surface area (Å²) in [4.78, 5) is 24.2. The minimum Gasteiger partial charge on any atom is -0.442 e. The molecule has 1 aliphatic rings. The van der Waals surface area contributed by atoms with Gasteiger partial charge in [-0.05, 0) is 56.9 Å². The van der Waals surface area contributed by atoms with Crippen LogP contribution in [0.15, 0.2) is 29.4 Å². The molecule has 0 saturated carbocycles. The molecule has 38 heavy (non-hydrogen) atoms. The molecule has 1 heterocycles. The molecule has 6 atom stereocenters. The smallest absolute Gasteiger partial charge is 0.405 e. The van der Waals surface area contributed by atoms with E-state index in [2.05, 4.69) is 5.32 Å². The molecule has 0 spiro atoms. The summed E-state index contributed by atoms with van der Waals surface area (Å²) in [7, 11) is 0. The number of hydrogen-bond acceptors (Lipinski definition) is 5. The van der Waals surface area contributed by atoms with Crippen molar-refractivity contribution >= 4 is 17.7 Å². The van der Waals surface area contributed by atoms with Gasteiger partial charge in [0.25, 0.3) is 5.91 Å². The number of nitrogens with two attached hydrogens (primary N) is 1. The van der Waals surface area contributed by atoms with E-state index < -0.39 is 70.7 Å². The summed E-state index contributed by atoms with van der Waals surface area (Å²) in [5, 5.41) is 23.3. The van der Waals surface area contributed by atoms with Crippen LogP contribution in [0.5, 0.6) is 0 Å². The average Bonchev–Trinajstić information content (AvgIpc) is 2.85. The molecule has 0 saturated heterocycles. The number of ether oxygens (including phenoxy) is 1. The molecule has 1 aromatic carbocycles. The van der Waals surface area contributed by atoms with Crippen molar-refractivity contribution in [2.45, 2.75) is 72.5 Å². The number of benzene rings is 1. The number of carbonyl (C=O) groups is 2. The summed E-state index contributed by atoms with van der Waals surface area (Å²) < 4.78 is 49.5. The number of aliphatic hydroxyl groups excluding tert-OH is 2. The van der Waals surface area contributed by atoms with Crippen LogP contribution in [0.25, 0.3) is 0 Å². The molecule has 1 aromatic rings. The minimum absolute atomic E-state index is 0.186. The molecule has 7 nitrogen and oxygen atoms in total. The van der Waals surface area contributed by atoms with Crippen molar-refractivity contribution in [1.82, 2.24) is 0 Å². The highest BCUT2D eigenvalue weighted by Crippen LogP contribution is 2.31. The molecule has 0 aromatic heterocycles. The monoisotopic (exact) mass is 540 g/mol. The maximum absolute atomic E-state index is 15.2. The molecule has 2 amide bonds. The van der Waals surface area contributed by atoms with Crippen LogP contribution >= 0.6 is 0 Å². The van der Waals surface area contributed by atoms with Gasteiger partial charge in [0, 0.05) is 35.6 Å². The quantitative estimate of drug-likeness (QED) is 0.311. The zero-order chi connectivity index (χ0) is 28.7. The van der Waals surface area contributed by atoms with Crippen LogP contribution < -0.4 is 11.1 Å². The van der Waals surface area contributed by atoms with E-state index in [0.717, 1.165) is 0 Å². The average molecular weight is 541 g/mol. The van der Waals surface area contributed by atoms with Crippen molar-refractivity contribution in [2.75, 3.05) is 11.9 Å². The Kier molecular flexibility index (Phi) is 11.4. The second-order valence-electron chi connectivity index (χ2n) is 10.5. The van der Waals surface area contributed by atoms with Crippen molar-refractivity contribution in [3.8, 4) is 0 Å². The van der Waals surface area contributed by atoms with Gasteiger partial charge in [0.2, 0.25) is 0 Å². The number of nitrogens with one attached hydrogen (secondary N) is 1. The van der Waals surface area contributed by atoms with Crippen LogP contribution in [0.4, 0.5) is 23.7 Å². The number of fused-ring (bicyclic) bond motifs is 2. The number of rotatable bonds is 2. The second kappa shape index (κ2) is 13.8. The zero-order valence-electron chi connectivity index (χ0n) is 22.6. The third-order valence-corrected chi connectivity index (χ3v) is 7.17. The van der Waals surface area contributed by atoms with E-state index in [1.807, 2.05) is 6.92 Å². The lowest BCUT2D eigenvalue weighted by atomic mass is 9.82. The first-order valence-corrected chi connectivity index (χ1v) is 12.8. The van der Waals surface area contributed by atoms with Gasteiger partial charge in [-0.25, -0.2) is 18.0 Å². The first kappa shape index (κ1) is 31.4. The minimum atomic E-state index is -1.34. The van der Waals surface area contributed by atoms with Crippen LogP contribution in [0.1, 0.15) is 59.4 Å². The molecule has 0 aliphatic carbocycles. The number of amides is 2. The molecule has 1 aliphatic heterocycles. The van der Waals surface area contributed by atoms with Gasteiger partial charge in [0.05, 0.1) is 11.8 Å². The fourth-order valence-electron chi connectivity index (χ4n) is 5.05. The number of aliphatic hydroxyl groups is 2. The van der Waals surface area contributed by atoms with E-state index in [4.69, 9.17) is 10.5 Å². The van der Waals surface area contributed by atoms with Crippen molar-refractivity contribution in [1.29, 1.82) is 0 Å². The van der Waals surface area contributed by atoms with Crippen LogP contribution in [0.3, 0.4) is 0 Å². The van der Waals surface area contributed by atoms with Gasteiger partial charge in [-0.1, -0.05) is 32.9 Å². The number of hydrogen-bond donors (Lipinski definition) is 4. The highest BCUT2D eigenvalue weighted by atomic mass is 19.2. The van der Waals surface area contributed by atoms with Gasteiger partial charge in [-0.3, -0.25) is 4.79 Å². The van der Waals surface area contributed by atoms with Crippen LogP contribution in [-0.4, -0.2) is 41.0 Å². The topological polar surface area (TPSA) is 122 Å². The molecule has 2 bridgehead atoms. The fraction of sp³-hybridized carbons (Fsp3) is 0.571. The number of allylic oxidation sites excluding steroid dienone is 1. The Labute approximate surface area is 221 Å². The Morgan fingerprint density at radius 3 is 2.45 bits per heavy atom. The number of halogens is 3. The van der Waals surface area contributed by atoms with E-state index >= 15 is 4.39 Å². The molecule has 0 radical (unpaired) electrons. The van der Waals surface area contributed by atoms with E-state index in [1.165, 1.54) is 6.92 Å². The summed E-state index contributed by atoms with van der Waals surface area (Å²) in [6.45, 7) is 8.17. The van der Waals surface area contributed by atoms with Crippen molar-refractivity contribution in [2.24, 2.45) is 29.4 Å². The van der Waals surface area contributed by atoms with Crippen molar-refractivity contribution < 1.29 is 37.7 Å². The first-order valence-electron chi connectivity index (χ1n) is 12.8. The maximum atomic E-state index is 15.2. The summed E-state index contributed by atoms with van der Waals surface area (Å²) in [6, 6.07) is 0.608.